The summed E-state index contributed by atoms with van der Waals surface area (Å²) in [5, 5.41) is 6.52. The first-order valence-corrected chi connectivity index (χ1v) is 11.5. The number of likely N-dealkylation sites (tertiary alicyclic amines) is 1. The van der Waals surface area contributed by atoms with Gasteiger partial charge in [-0.3, -0.25) is 14.5 Å². The number of amides is 2. The van der Waals surface area contributed by atoms with Gasteiger partial charge in [0.05, 0.1) is 13.2 Å². The molecule has 172 valence electrons. The van der Waals surface area contributed by atoms with Crippen LogP contribution >= 0.6 is 11.6 Å². The number of hydrogen-bond donors (Lipinski definition) is 2. The van der Waals surface area contributed by atoms with Crippen LogP contribution in [-0.4, -0.2) is 49.5 Å². The van der Waals surface area contributed by atoms with E-state index in [2.05, 4.69) is 27.7 Å². The van der Waals surface area contributed by atoms with Gasteiger partial charge in [-0.1, -0.05) is 37.6 Å². The molecule has 6 nitrogen and oxygen atoms in total. The van der Waals surface area contributed by atoms with Gasteiger partial charge in [-0.2, -0.15) is 0 Å². The molecule has 0 saturated carbocycles. The molecule has 1 saturated heterocycles. The predicted octanol–water partition coefficient (Wildman–Crippen LogP) is 4.06. The van der Waals surface area contributed by atoms with Crippen molar-refractivity contribution in [2.24, 2.45) is 5.92 Å². The van der Waals surface area contributed by atoms with Gasteiger partial charge in [0.25, 0.3) is 5.91 Å². The van der Waals surface area contributed by atoms with E-state index in [4.69, 9.17) is 16.3 Å². The Morgan fingerprint density at radius 2 is 1.66 bits per heavy atom. The van der Waals surface area contributed by atoms with Crippen LogP contribution in [-0.2, 0) is 4.79 Å². The number of rotatable bonds is 9. The van der Waals surface area contributed by atoms with Crippen LogP contribution < -0.4 is 15.4 Å². The zero-order valence-corrected chi connectivity index (χ0v) is 19.7. The average molecular weight is 458 g/mol. The molecular formula is C25H32ClN3O3. The smallest absolute Gasteiger partial charge is 0.251 e. The van der Waals surface area contributed by atoms with Crippen molar-refractivity contribution in [1.82, 2.24) is 15.5 Å². The Kier molecular flexibility index (Phi) is 8.53. The fourth-order valence-corrected chi connectivity index (χ4v) is 4.13. The lowest BCUT2D eigenvalue weighted by molar-refractivity contribution is -0.124. The van der Waals surface area contributed by atoms with Gasteiger partial charge < -0.3 is 15.4 Å². The van der Waals surface area contributed by atoms with Gasteiger partial charge in [-0.25, -0.2) is 0 Å². The number of carbonyl (C=O) groups excluding carboxylic acids is 2. The third-order valence-corrected chi connectivity index (χ3v) is 6.15. The molecule has 7 heteroatoms. The molecule has 0 radical (unpaired) electrons. The first-order chi connectivity index (χ1) is 15.4. The molecule has 3 rings (SSSR count). The van der Waals surface area contributed by atoms with Crippen molar-refractivity contribution in [1.29, 1.82) is 0 Å². The second-order valence-corrected chi connectivity index (χ2v) is 8.92. The van der Waals surface area contributed by atoms with Crippen molar-refractivity contribution < 1.29 is 14.3 Å². The summed E-state index contributed by atoms with van der Waals surface area (Å²) in [5.41, 5.74) is 1.61. The Morgan fingerprint density at radius 3 is 2.22 bits per heavy atom. The number of halogens is 1. The van der Waals surface area contributed by atoms with Crippen molar-refractivity contribution >= 4 is 23.4 Å². The molecule has 0 aromatic heterocycles. The maximum atomic E-state index is 13.1. The molecule has 2 N–H and O–H groups in total. The first-order valence-electron chi connectivity index (χ1n) is 11.1. The van der Waals surface area contributed by atoms with Crippen molar-refractivity contribution in [3.63, 3.8) is 0 Å². The second kappa shape index (κ2) is 11.3. The fourth-order valence-electron chi connectivity index (χ4n) is 4.01. The van der Waals surface area contributed by atoms with Gasteiger partial charge in [0.1, 0.15) is 11.8 Å². The number of ether oxygens (including phenoxy) is 1. The molecule has 2 unspecified atom stereocenters. The molecule has 0 aliphatic carbocycles. The molecule has 2 aromatic rings. The minimum Gasteiger partial charge on any atom is -0.497 e. The van der Waals surface area contributed by atoms with Crippen LogP contribution in [0.25, 0.3) is 0 Å². The molecule has 1 aliphatic heterocycles. The van der Waals surface area contributed by atoms with Crippen LogP contribution in [0.2, 0.25) is 5.02 Å². The quantitative estimate of drug-likeness (QED) is 0.595. The average Bonchev–Trinajstić information content (AvgIpc) is 3.32. The molecule has 1 fully saturated rings. The highest BCUT2D eigenvalue weighted by atomic mass is 35.5. The number of hydrogen-bond acceptors (Lipinski definition) is 4. The monoisotopic (exact) mass is 457 g/mol. The summed E-state index contributed by atoms with van der Waals surface area (Å²) in [6.07, 6.45) is 2.32. The van der Waals surface area contributed by atoms with E-state index in [1.165, 1.54) is 0 Å². The summed E-state index contributed by atoms with van der Waals surface area (Å²) in [7, 11) is 1.65. The summed E-state index contributed by atoms with van der Waals surface area (Å²) in [6, 6.07) is 14.1. The van der Waals surface area contributed by atoms with Crippen molar-refractivity contribution in [3.05, 3.63) is 64.7 Å². The Hall–Kier alpha value is -2.57. The van der Waals surface area contributed by atoms with E-state index in [0.717, 1.165) is 37.2 Å². The van der Waals surface area contributed by atoms with Gasteiger partial charge in [-0.15, -0.1) is 0 Å². The minimum absolute atomic E-state index is 0.0579. The fraction of sp³-hybridized carbons (Fsp3) is 0.440. The minimum atomic E-state index is -0.631. The van der Waals surface area contributed by atoms with Crippen LogP contribution in [0, 0.1) is 5.92 Å². The largest absolute Gasteiger partial charge is 0.497 e. The van der Waals surface area contributed by atoms with E-state index in [0.29, 0.717) is 17.1 Å². The highest BCUT2D eigenvalue weighted by molar-refractivity contribution is 6.30. The van der Waals surface area contributed by atoms with Gasteiger partial charge in [-0.05, 0) is 73.8 Å². The third-order valence-electron chi connectivity index (χ3n) is 5.89. The lowest BCUT2D eigenvalue weighted by Crippen LogP contribution is -2.51. The molecule has 2 aromatic carbocycles. The Labute approximate surface area is 195 Å². The predicted molar refractivity (Wildman–Crippen MR) is 127 cm³/mol. The summed E-state index contributed by atoms with van der Waals surface area (Å²) in [4.78, 5) is 28.1. The molecule has 32 heavy (non-hydrogen) atoms. The van der Waals surface area contributed by atoms with E-state index in [9.17, 15) is 9.59 Å². The molecule has 1 heterocycles. The van der Waals surface area contributed by atoms with Crippen LogP contribution in [0.4, 0.5) is 0 Å². The normalized spacial score (nSPS) is 15.9. The first kappa shape index (κ1) is 24.1. The van der Waals surface area contributed by atoms with Crippen LogP contribution in [0.15, 0.2) is 48.5 Å². The lowest BCUT2D eigenvalue weighted by Gasteiger charge is -2.29. The summed E-state index contributed by atoms with van der Waals surface area (Å²) in [6.45, 7) is 6.34. The summed E-state index contributed by atoms with van der Waals surface area (Å²) in [5.74, 6) is 0.280. The third kappa shape index (κ3) is 6.24. The summed E-state index contributed by atoms with van der Waals surface area (Å²) < 4.78 is 5.28. The molecular weight excluding hydrogens is 426 g/mol. The van der Waals surface area contributed by atoms with Crippen molar-refractivity contribution in [2.75, 3.05) is 26.7 Å². The zero-order valence-electron chi connectivity index (χ0n) is 18.9. The maximum Gasteiger partial charge on any atom is 0.251 e. The molecule has 1 aliphatic rings. The second-order valence-electron chi connectivity index (χ2n) is 8.48. The van der Waals surface area contributed by atoms with Gasteiger partial charge in [0, 0.05) is 17.1 Å². The van der Waals surface area contributed by atoms with E-state index in [1.54, 1.807) is 31.4 Å². The van der Waals surface area contributed by atoms with E-state index < -0.39 is 6.04 Å². The van der Waals surface area contributed by atoms with E-state index in [1.807, 2.05) is 26.0 Å². The number of methoxy groups -OCH3 is 1. The maximum absolute atomic E-state index is 13.1. The highest BCUT2D eigenvalue weighted by Gasteiger charge is 2.28. The Morgan fingerprint density at radius 1 is 1.03 bits per heavy atom. The van der Waals surface area contributed by atoms with Crippen LogP contribution in [0.3, 0.4) is 0 Å². The molecule has 2 atom stereocenters. The van der Waals surface area contributed by atoms with Gasteiger partial charge in [0.15, 0.2) is 0 Å². The molecule has 0 spiro atoms. The van der Waals surface area contributed by atoms with E-state index in [-0.39, 0.29) is 23.8 Å². The Balaban J connectivity index is 1.68. The lowest BCUT2D eigenvalue weighted by atomic mass is 10.0. The van der Waals surface area contributed by atoms with E-state index >= 15 is 0 Å². The topological polar surface area (TPSA) is 70.7 Å². The zero-order chi connectivity index (χ0) is 23.1. The Bertz CT molecular complexity index is 894. The number of nitrogens with one attached hydrogen (secondary N) is 2. The van der Waals surface area contributed by atoms with Gasteiger partial charge >= 0.3 is 0 Å². The number of carbonyl (C=O) groups is 2. The van der Waals surface area contributed by atoms with Gasteiger partial charge in [0.2, 0.25) is 5.91 Å². The van der Waals surface area contributed by atoms with Crippen LogP contribution in [0.5, 0.6) is 5.75 Å². The van der Waals surface area contributed by atoms with Crippen LogP contribution in [0.1, 0.15) is 48.7 Å². The SMILES string of the molecule is COc1ccc(C(CNC(=O)C(NC(=O)c2ccc(Cl)cc2)C(C)C)N2CCCC2)cc1. The number of nitrogens with zero attached hydrogens (tertiary/aromatic N) is 1. The number of benzene rings is 2. The highest BCUT2D eigenvalue weighted by Crippen LogP contribution is 2.26. The molecule has 2 amide bonds. The van der Waals surface area contributed by atoms with Crippen molar-refractivity contribution in [2.45, 2.75) is 38.8 Å². The summed E-state index contributed by atoms with van der Waals surface area (Å²) >= 11 is 5.91. The molecule has 0 bridgehead atoms. The van der Waals surface area contributed by atoms with Crippen molar-refractivity contribution in [3.8, 4) is 5.75 Å². The standard InChI is InChI=1S/C25H32ClN3O3/c1-17(2)23(28-24(30)19-6-10-20(26)11-7-19)25(31)27-16-22(29-14-4-5-15-29)18-8-12-21(32-3)13-9-18/h6-13,17,22-23H,4-5,14-16H2,1-3H3,(H,27,31)(H,28,30).